The SMILES string of the molecule is C=C(C)C(=C)C(=C)/C=C\c1c(C)ccc2c1OCCn1c-2c(C2CCCCC2)c2sc(C(=O)O)cc21. The molecule has 5 rings (SSSR count). The minimum absolute atomic E-state index is 0.404. The maximum absolute atomic E-state index is 11.8. The molecule has 186 valence electrons. The standard InChI is InChI=1S/C31H33NO3S/c1-18(2)21(5)19(3)11-13-23-20(4)12-14-24-28-27(22-9-7-6-8-10-22)30-25(17-26(36-30)31(33)34)32(28)15-16-35-29(23)24/h11-14,17,22H,1,3,5-10,15-16H2,2,4H3,(H,33,34)/b13-11-. The molecule has 0 bridgehead atoms. The lowest BCUT2D eigenvalue weighted by atomic mass is 9.82. The second kappa shape index (κ2) is 9.62. The van der Waals surface area contributed by atoms with Crippen LogP contribution < -0.4 is 4.74 Å². The highest BCUT2D eigenvalue weighted by Crippen LogP contribution is 2.50. The zero-order chi connectivity index (χ0) is 25.6. The van der Waals surface area contributed by atoms with Crippen LogP contribution in [0.4, 0.5) is 0 Å². The predicted molar refractivity (Wildman–Crippen MR) is 150 cm³/mol. The summed E-state index contributed by atoms with van der Waals surface area (Å²) in [6, 6.07) is 6.18. The van der Waals surface area contributed by atoms with Crippen molar-refractivity contribution >= 4 is 33.6 Å². The third-order valence-electron chi connectivity index (χ3n) is 7.58. The van der Waals surface area contributed by atoms with E-state index in [-0.39, 0.29) is 0 Å². The van der Waals surface area contributed by atoms with Crippen molar-refractivity contribution in [3.05, 3.63) is 82.3 Å². The summed E-state index contributed by atoms with van der Waals surface area (Å²) in [6.07, 6.45) is 10.1. The van der Waals surface area contributed by atoms with Crippen molar-refractivity contribution in [3.8, 4) is 17.0 Å². The minimum atomic E-state index is -0.856. The number of aromatic carboxylic acids is 1. The molecule has 36 heavy (non-hydrogen) atoms. The Balaban J connectivity index is 1.71. The summed E-state index contributed by atoms with van der Waals surface area (Å²) in [5.74, 6) is 0.465. The Morgan fingerprint density at radius 1 is 1.19 bits per heavy atom. The molecule has 0 unspecified atom stereocenters. The number of benzene rings is 1. The first-order chi connectivity index (χ1) is 17.3. The molecule has 0 atom stereocenters. The number of aromatic nitrogens is 1. The molecule has 0 saturated heterocycles. The number of fused-ring (bicyclic) bond motifs is 5. The van der Waals surface area contributed by atoms with Gasteiger partial charge in [0.15, 0.2) is 0 Å². The van der Waals surface area contributed by atoms with Crippen molar-refractivity contribution in [1.82, 2.24) is 4.57 Å². The molecule has 3 aromatic rings. The van der Waals surface area contributed by atoms with Crippen LogP contribution >= 0.6 is 11.3 Å². The van der Waals surface area contributed by atoms with Crippen molar-refractivity contribution in [2.24, 2.45) is 0 Å². The highest BCUT2D eigenvalue weighted by Gasteiger charge is 2.32. The summed E-state index contributed by atoms with van der Waals surface area (Å²) >= 11 is 1.42. The van der Waals surface area contributed by atoms with Crippen molar-refractivity contribution in [2.75, 3.05) is 6.61 Å². The van der Waals surface area contributed by atoms with E-state index in [0.717, 1.165) is 62.2 Å². The second-order valence-electron chi connectivity index (χ2n) is 10.0. The van der Waals surface area contributed by atoms with E-state index in [2.05, 4.69) is 49.4 Å². The molecule has 2 aliphatic rings. The largest absolute Gasteiger partial charge is 0.490 e. The van der Waals surface area contributed by atoms with Gasteiger partial charge in [0.05, 0.1) is 22.5 Å². The summed E-state index contributed by atoms with van der Waals surface area (Å²) in [7, 11) is 0. The molecule has 4 nitrogen and oxygen atoms in total. The normalized spacial score (nSPS) is 15.8. The van der Waals surface area contributed by atoms with Crippen LogP contribution in [0.1, 0.15) is 71.3 Å². The highest BCUT2D eigenvalue weighted by molar-refractivity contribution is 7.21. The first-order valence-corrected chi connectivity index (χ1v) is 13.5. The smallest absolute Gasteiger partial charge is 0.345 e. The molecule has 1 aliphatic carbocycles. The Morgan fingerprint density at radius 2 is 1.94 bits per heavy atom. The van der Waals surface area contributed by atoms with E-state index in [9.17, 15) is 9.90 Å². The number of thiophene rings is 1. The Bertz CT molecular complexity index is 1440. The Morgan fingerprint density at radius 3 is 2.64 bits per heavy atom. The Labute approximate surface area is 216 Å². The van der Waals surface area contributed by atoms with E-state index in [0.29, 0.717) is 23.9 Å². The van der Waals surface area contributed by atoms with Gasteiger partial charge in [-0.05, 0) is 67.0 Å². The lowest BCUT2D eigenvalue weighted by Gasteiger charge is -2.23. The average molecular weight is 500 g/mol. The minimum Gasteiger partial charge on any atom is -0.490 e. The summed E-state index contributed by atoms with van der Waals surface area (Å²) in [5.41, 5.74) is 9.38. The van der Waals surface area contributed by atoms with Gasteiger partial charge in [0.25, 0.3) is 0 Å². The molecule has 0 radical (unpaired) electrons. The molecular formula is C31H33NO3S. The molecule has 1 N–H and O–H groups in total. The van der Waals surface area contributed by atoms with Gasteiger partial charge < -0.3 is 14.4 Å². The van der Waals surface area contributed by atoms with Crippen molar-refractivity contribution < 1.29 is 14.6 Å². The van der Waals surface area contributed by atoms with Crippen LogP contribution in [-0.4, -0.2) is 22.2 Å². The molecule has 0 amide bonds. The van der Waals surface area contributed by atoms with Crippen molar-refractivity contribution in [1.29, 1.82) is 0 Å². The summed E-state index contributed by atoms with van der Waals surface area (Å²) in [6.45, 7) is 17.5. The lowest BCUT2D eigenvalue weighted by molar-refractivity contribution is 0.0702. The van der Waals surface area contributed by atoms with Crippen LogP contribution in [-0.2, 0) is 6.54 Å². The number of carboxylic acids is 1. The number of nitrogens with zero attached hydrogens (tertiary/aromatic N) is 1. The fraction of sp³-hybridized carbons (Fsp3) is 0.323. The van der Waals surface area contributed by atoms with E-state index in [1.165, 1.54) is 41.9 Å². The van der Waals surface area contributed by atoms with Gasteiger partial charge in [-0.1, -0.05) is 62.8 Å². The molecular weight excluding hydrogens is 466 g/mol. The zero-order valence-electron chi connectivity index (χ0n) is 21.2. The van der Waals surface area contributed by atoms with E-state index in [1.807, 2.05) is 19.1 Å². The topological polar surface area (TPSA) is 51.5 Å². The molecule has 1 aliphatic heterocycles. The number of ether oxygens (including phenoxy) is 1. The van der Waals surface area contributed by atoms with Crippen molar-refractivity contribution in [3.63, 3.8) is 0 Å². The number of hydrogen-bond donors (Lipinski definition) is 1. The number of hydrogen-bond acceptors (Lipinski definition) is 3. The van der Waals surface area contributed by atoms with Gasteiger partial charge in [-0.3, -0.25) is 0 Å². The van der Waals surface area contributed by atoms with Crippen LogP contribution in [0.3, 0.4) is 0 Å². The first kappa shape index (κ1) is 24.4. The van der Waals surface area contributed by atoms with Gasteiger partial charge in [0.2, 0.25) is 0 Å². The number of carboxylic acid groups (broad SMARTS) is 1. The molecule has 0 spiro atoms. The quantitative estimate of drug-likeness (QED) is 0.346. The van der Waals surface area contributed by atoms with Crippen LogP contribution in [0.5, 0.6) is 5.75 Å². The molecule has 2 aromatic heterocycles. The summed E-state index contributed by atoms with van der Waals surface area (Å²) < 4.78 is 9.87. The van der Waals surface area contributed by atoms with E-state index < -0.39 is 5.97 Å². The van der Waals surface area contributed by atoms with Gasteiger partial charge in [-0.15, -0.1) is 11.3 Å². The van der Waals surface area contributed by atoms with Gasteiger partial charge in [-0.25, -0.2) is 4.79 Å². The van der Waals surface area contributed by atoms with Crippen LogP contribution in [0.25, 0.3) is 27.6 Å². The summed E-state index contributed by atoms with van der Waals surface area (Å²) in [4.78, 5) is 12.2. The van der Waals surface area contributed by atoms with Crippen LogP contribution in [0, 0.1) is 6.92 Å². The highest BCUT2D eigenvalue weighted by atomic mass is 32.1. The van der Waals surface area contributed by atoms with Gasteiger partial charge in [-0.2, -0.15) is 0 Å². The third-order valence-corrected chi connectivity index (χ3v) is 8.73. The van der Waals surface area contributed by atoms with Crippen LogP contribution in [0.2, 0.25) is 0 Å². The number of carbonyl (C=O) groups is 1. The summed E-state index contributed by atoms with van der Waals surface area (Å²) in [5, 5.41) is 9.72. The van der Waals surface area contributed by atoms with Crippen molar-refractivity contribution in [2.45, 2.75) is 58.4 Å². The fourth-order valence-corrected chi connectivity index (χ4v) is 6.72. The lowest BCUT2D eigenvalue weighted by Crippen LogP contribution is -2.08. The van der Waals surface area contributed by atoms with E-state index in [1.54, 1.807) is 0 Å². The van der Waals surface area contributed by atoms with Gasteiger partial charge >= 0.3 is 5.97 Å². The monoisotopic (exact) mass is 499 g/mol. The maximum atomic E-state index is 11.8. The number of allylic oxidation sites excluding steroid dienone is 4. The van der Waals surface area contributed by atoms with Gasteiger partial charge in [0, 0.05) is 11.1 Å². The van der Waals surface area contributed by atoms with Crippen LogP contribution in [0.15, 0.2) is 60.7 Å². The average Bonchev–Trinajstić information content (AvgIpc) is 3.35. The second-order valence-corrected chi connectivity index (χ2v) is 11.1. The molecule has 1 aromatic carbocycles. The number of aryl methyl sites for hydroxylation is 1. The van der Waals surface area contributed by atoms with E-state index in [4.69, 9.17) is 4.74 Å². The molecule has 5 heteroatoms. The molecule has 3 heterocycles. The maximum Gasteiger partial charge on any atom is 0.345 e. The fourth-order valence-electron chi connectivity index (χ4n) is 5.59. The van der Waals surface area contributed by atoms with Gasteiger partial charge in [0.1, 0.15) is 17.2 Å². The Kier molecular flexibility index (Phi) is 6.52. The number of rotatable bonds is 6. The molecule has 1 saturated carbocycles. The zero-order valence-corrected chi connectivity index (χ0v) is 22.0. The predicted octanol–water partition coefficient (Wildman–Crippen LogP) is 8.52. The first-order valence-electron chi connectivity index (χ1n) is 12.7. The third kappa shape index (κ3) is 4.16. The Hall–Kier alpha value is -3.31. The molecule has 1 fully saturated rings. The van der Waals surface area contributed by atoms with E-state index >= 15 is 0 Å².